The van der Waals surface area contributed by atoms with Gasteiger partial charge in [0.2, 0.25) is 11.8 Å². The Morgan fingerprint density at radius 2 is 1.89 bits per heavy atom. The van der Waals surface area contributed by atoms with Crippen LogP contribution >= 0.6 is 0 Å². The molecule has 1 N–H and O–H groups in total. The first kappa shape index (κ1) is 20.2. The van der Waals surface area contributed by atoms with Crippen LogP contribution in [0, 0.1) is 5.92 Å². The van der Waals surface area contributed by atoms with Crippen molar-refractivity contribution in [3.05, 3.63) is 35.9 Å². The van der Waals surface area contributed by atoms with Crippen LogP contribution in [0.3, 0.4) is 0 Å². The molecule has 3 rings (SSSR count). The van der Waals surface area contributed by atoms with Crippen LogP contribution in [-0.4, -0.2) is 72.7 Å². The fourth-order valence-corrected chi connectivity index (χ4v) is 3.39. The third-order valence-corrected chi connectivity index (χ3v) is 4.96. The summed E-state index contributed by atoms with van der Waals surface area (Å²) < 4.78 is 5.33. The predicted molar refractivity (Wildman–Crippen MR) is 104 cm³/mol. The Kier molecular flexibility index (Phi) is 6.89. The van der Waals surface area contributed by atoms with Gasteiger partial charge in [0.15, 0.2) is 5.92 Å². The highest BCUT2D eigenvalue weighted by Gasteiger charge is 2.42. The maximum absolute atomic E-state index is 13.0. The Morgan fingerprint density at radius 3 is 2.57 bits per heavy atom. The van der Waals surface area contributed by atoms with E-state index < -0.39 is 23.8 Å². The minimum atomic E-state index is -1.05. The molecule has 0 radical (unpaired) electrons. The van der Waals surface area contributed by atoms with Crippen molar-refractivity contribution in [1.29, 1.82) is 0 Å². The fraction of sp³-hybridized carbons (Fsp3) is 0.500. The van der Waals surface area contributed by atoms with Crippen LogP contribution < -0.4 is 5.32 Å². The lowest BCUT2D eigenvalue weighted by molar-refractivity contribution is -0.139. The molecule has 8 heteroatoms. The summed E-state index contributed by atoms with van der Waals surface area (Å²) in [5, 5.41) is 2.30. The normalized spacial score (nSPS) is 21.8. The second-order valence-electron chi connectivity index (χ2n) is 6.82. The molecule has 2 saturated heterocycles. The van der Waals surface area contributed by atoms with Crippen molar-refractivity contribution in [2.75, 3.05) is 39.4 Å². The molecule has 2 aliphatic rings. The third-order valence-electron chi connectivity index (χ3n) is 4.96. The number of urea groups is 1. The molecule has 0 aromatic heterocycles. The van der Waals surface area contributed by atoms with Crippen LogP contribution in [-0.2, 0) is 20.9 Å². The Labute approximate surface area is 164 Å². The molecular weight excluding hydrogens is 360 g/mol. The number of amides is 4. The van der Waals surface area contributed by atoms with E-state index in [-0.39, 0.29) is 6.54 Å². The van der Waals surface area contributed by atoms with Gasteiger partial charge in [-0.25, -0.2) is 4.79 Å². The molecule has 1 atom stereocenters. The van der Waals surface area contributed by atoms with Gasteiger partial charge in [-0.2, -0.15) is 0 Å². The molecule has 0 spiro atoms. The molecule has 1 aromatic rings. The average Bonchev–Trinajstić information content (AvgIpc) is 2.71. The van der Waals surface area contributed by atoms with Gasteiger partial charge in [0.1, 0.15) is 0 Å². The Balaban J connectivity index is 1.69. The van der Waals surface area contributed by atoms with E-state index in [2.05, 4.69) is 15.2 Å². The van der Waals surface area contributed by atoms with Gasteiger partial charge < -0.3 is 4.74 Å². The maximum Gasteiger partial charge on any atom is 0.331 e. The summed E-state index contributed by atoms with van der Waals surface area (Å²) in [6.45, 7) is 6.40. The Bertz CT molecular complexity index is 744. The number of nitrogens with zero attached hydrogens (tertiary/aromatic N) is 3. The van der Waals surface area contributed by atoms with E-state index in [4.69, 9.17) is 4.74 Å². The zero-order valence-corrected chi connectivity index (χ0v) is 16.1. The summed E-state index contributed by atoms with van der Waals surface area (Å²) in [5.74, 6) is -2.15. The lowest BCUT2D eigenvalue weighted by Crippen LogP contribution is -2.59. The molecule has 2 fully saturated rings. The lowest BCUT2D eigenvalue weighted by atomic mass is 9.96. The number of carbonyl (C=O) groups excluding carboxylic acids is 3. The Hall–Kier alpha value is -2.58. The molecule has 1 aromatic carbocycles. The summed E-state index contributed by atoms with van der Waals surface area (Å²) in [7, 11) is 0. The quantitative estimate of drug-likeness (QED) is 0.559. The topological polar surface area (TPSA) is 91.3 Å². The van der Waals surface area contributed by atoms with Crippen LogP contribution in [0.1, 0.15) is 18.9 Å². The molecule has 0 saturated carbocycles. The number of hydrogen-bond acceptors (Lipinski definition) is 6. The molecule has 0 aliphatic carbocycles. The molecule has 150 valence electrons. The number of nitrogens with one attached hydrogen (secondary N) is 1. The number of aliphatic imine (C=N–C) groups is 1. The summed E-state index contributed by atoms with van der Waals surface area (Å²) in [6, 6.07) is 8.54. The SMILES string of the molecule is CCC(=NCCN1CCOCC1)C1C(=O)NC(=O)N(Cc2ccccc2)C1=O. The van der Waals surface area contributed by atoms with Crippen molar-refractivity contribution in [3.63, 3.8) is 0 Å². The van der Waals surface area contributed by atoms with E-state index in [0.29, 0.717) is 31.9 Å². The van der Waals surface area contributed by atoms with Gasteiger partial charge in [-0.15, -0.1) is 0 Å². The number of carbonyl (C=O) groups is 3. The predicted octanol–water partition coefficient (Wildman–Crippen LogP) is 1.06. The van der Waals surface area contributed by atoms with Crippen molar-refractivity contribution in [1.82, 2.24) is 15.1 Å². The highest BCUT2D eigenvalue weighted by Crippen LogP contribution is 2.17. The number of morpholine rings is 1. The van der Waals surface area contributed by atoms with Crippen molar-refractivity contribution in [2.24, 2.45) is 10.9 Å². The van der Waals surface area contributed by atoms with Gasteiger partial charge in [-0.1, -0.05) is 37.3 Å². The van der Waals surface area contributed by atoms with E-state index in [0.717, 1.165) is 30.1 Å². The zero-order valence-electron chi connectivity index (χ0n) is 16.1. The monoisotopic (exact) mass is 386 g/mol. The van der Waals surface area contributed by atoms with E-state index in [1.54, 1.807) is 0 Å². The van der Waals surface area contributed by atoms with Crippen LogP contribution in [0.25, 0.3) is 0 Å². The first-order valence-electron chi connectivity index (χ1n) is 9.63. The van der Waals surface area contributed by atoms with Crippen LogP contribution in [0.2, 0.25) is 0 Å². The lowest BCUT2D eigenvalue weighted by Gasteiger charge is -2.31. The number of ether oxygens (including phenoxy) is 1. The van der Waals surface area contributed by atoms with Gasteiger partial charge in [0, 0.05) is 25.3 Å². The van der Waals surface area contributed by atoms with Gasteiger partial charge in [0.25, 0.3) is 0 Å². The van der Waals surface area contributed by atoms with Gasteiger partial charge in [0.05, 0.1) is 26.3 Å². The molecule has 2 aliphatic heterocycles. The van der Waals surface area contributed by atoms with Crippen molar-refractivity contribution in [3.8, 4) is 0 Å². The molecule has 28 heavy (non-hydrogen) atoms. The molecule has 2 heterocycles. The fourth-order valence-electron chi connectivity index (χ4n) is 3.39. The summed E-state index contributed by atoms with van der Waals surface area (Å²) >= 11 is 0. The minimum Gasteiger partial charge on any atom is -0.379 e. The van der Waals surface area contributed by atoms with Crippen LogP contribution in [0.15, 0.2) is 35.3 Å². The number of barbiturate groups is 1. The van der Waals surface area contributed by atoms with Gasteiger partial charge in [-0.3, -0.25) is 29.7 Å². The Morgan fingerprint density at radius 1 is 1.18 bits per heavy atom. The third kappa shape index (κ3) is 4.82. The van der Waals surface area contributed by atoms with E-state index in [1.807, 2.05) is 37.3 Å². The minimum absolute atomic E-state index is 0.125. The molecule has 8 nitrogen and oxygen atoms in total. The molecule has 1 unspecified atom stereocenters. The highest BCUT2D eigenvalue weighted by atomic mass is 16.5. The van der Waals surface area contributed by atoms with E-state index in [9.17, 15) is 14.4 Å². The first-order chi connectivity index (χ1) is 13.6. The second-order valence-corrected chi connectivity index (χ2v) is 6.82. The van der Waals surface area contributed by atoms with Crippen LogP contribution in [0.5, 0.6) is 0 Å². The van der Waals surface area contributed by atoms with Crippen molar-refractivity contribution >= 4 is 23.6 Å². The van der Waals surface area contributed by atoms with Gasteiger partial charge in [-0.05, 0) is 12.0 Å². The largest absolute Gasteiger partial charge is 0.379 e. The number of rotatable bonds is 7. The van der Waals surface area contributed by atoms with Gasteiger partial charge >= 0.3 is 6.03 Å². The zero-order chi connectivity index (χ0) is 19.9. The number of imide groups is 2. The van der Waals surface area contributed by atoms with E-state index in [1.165, 1.54) is 0 Å². The highest BCUT2D eigenvalue weighted by molar-refractivity contribution is 6.27. The number of hydrogen-bond donors (Lipinski definition) is 1. The summed E-state index contributed by atoms with van der Waals surface area (Å²) in [5.41, 5.74) is 1.34. The molecular formula is C20H26N4O4. The summed E-state index contributed by atoms with van der Waals surface area (Å²) in [6.07, 6.45) is 0.473. The molecule has 0 bridgehead atoms. The average molecular weight is 386 g/mol. The summed E-state index contributed by atoms with van der Waals surface area (Å²) in [4.78, 5) is 45.4. The van der Waals surface area contributed by atoms with Crippen molar-refractivity contribution < 1.29 is 19.1 Å². The second kappa shape index (κ2) is 9.57. The van der Waals surface area contributed by atoms with Crippen molar-refractivity contribution in [2.45, 2.75) is 19.9 Å². The van der Waals surface area contributed by atoms with Crippen LogP contribution in [0.4, 0.5) is 4.79 Å². The number of benzene rings is 1. The molecule has 4 amide bonds. The maximum atomic E-state index is 13.0. The standard InChI is InChI=1S/C20H26N4O4/c1-2-16(21-8-9-23-10-12-28-13-11-23)17-18(25)22-20(27)24(19(17)26)14-15-6-4-3-5-7-15/h3-7,17H,2,8-14H2,1H3,(H,22,25,27). The smallest absolute Gasteiger partial charge is 0.331 e. The van der Waals surface area contributed by atoms with E-state index >= 15 is 0 Å². The first-order valence-corrected chi connectivity index (χ1v) is 9.63.